The summed E-state index contributed by atoms with van der Waals surface area (Å²) >= 11 is 0. The van der Waals surface area contributed by atoms with Crippen molar-refractivity contribution in [3.05, 3.63) is 35.6 Å². The van der Waals surface area contributed by atoms with Gasteiger partial charge in [0.2, 0.25) is 0 Å². The molecule has 1 N–H and O–H groups in total. The molecule has 0 saturated heterocycles. The first kappa shape index (κ1) is 18.0. The highest BCUT2D eigenvalue weighted by molar-refractivity contribution is 5.92. The van der Waals surface area contributed by atoms with Crippen molar-refractivity contribution in [1.29, 1.82) is 0 Å². The van der Waals surface area contributed by atoms with Crippen LogP contribution in [0.1, 0.15) is 59.3 Å². The highest BCUT2D eigenvalue weighted by Gasteiger charge is 2.63. The monoisotopic (exact) mass is 356 g/mol. The van der Waals surface area contributed by atoms with Crippen LogP contribution in [0.25, 0.3) is 0 Å². The zero-order chi connectivity index (χ0) is 18.9. The summed E-state index contributed by atoms with van der Waals surface area (Å²) in [6.45, 7) is 10.9. The molecule has 0 aromatic heterocycles. The van der Waals surface area contributed by atoms with Crippen molar-refractivity contribution >= 4 is 5.78 Å². The molecule has 0 amide bonds. The first-order chi connectivity index (χ1) is 12.2. The average Bonchev–Trinajstić information content (AvgIpc) is 2.88. The lowest BCUT2D eigenvalue weighted by atomic mass is 9.49. The van der Waals surface area contributed by atoms with Gasteiger partial charge in [-0.15, -0.1) is 0 Å². The van der Waals surface area contributed by atoms with Crippen LogP contribution in [0.4, 0.5) is 0 Å². The largest absolute Gasteiger partial charge is 0.499 e. The van der Waals surface area contributed by atoms with Crippen LogP contribution in [0.3, 0.4) is 0 Å². The number of carbonyl (C=O) groups excluding carboxylic acids is 1. The molecule has 2 fully saturated rings. The maximum atomic E-state index is 12.0. The third-order valence-corrected chi connectivity index (χ3v) is 8.52. The summed E-state index contributed by atoms with van der Waals surface area (Å²) in [6, 6.07) is 0. The van der Waals surface area contributed by atoms with Crippen molar-refractivity contribution in [2.24, 2.45) is 28.6 Å². The Hall–Kier alpha value is -1.35. The molecule has 142 valence electrons. The van der Waals surface area contributed by atoms with Gasteiger partial charge in [-0.1, -0.05) is 44.6 Å². The zero-order valence-corrected chi connectivity index (χ0v) is 16.6. The highest BCUT2D eigenvalue weighted by atomic mass is 16.5. The Morgan fingerprint density at radius 2 is 2.04 bits per heavy atom. The minimum Gasteiger partial charge on any atom is -0.499 e. The van der Waals surface area contributed by atoms with E-state index in [-0.39, 0.29) is 16.6 Å². The van der Waals surface area contributed by atoms with E-state index in [0.717, 1.165) is 32.1 Å². The van der Waals surface area contributed by atoms with E-state index in [0.29, 0.717) is 29.9 Å². The molecule has 4 aliphatic rings. The van der Waals surface area contributed by atoms with E-state index in [1.165, 1.54) is 11.1 Å². The van der Waals surface area contributed by atoms with Gasteiger partial charge in [0.25, 0.3) is 0 Å². The van der Waals surface area contributed by atoms with Gasteiger partial charge in [0.1, 0.15) is 11.4 Å². The van der Waals surface area contributed by atoms with Gasteiger partial charge in [-0.05, 0) is 55.9 Å². The first-order valence-corrected chi connectivity index (χ1v) is 10.1. The molecule has 6 atom stereocenters. The second-order valence-corrected chi connectivity index (χ2v) is 9.56. The fraction of sp³-hybridized carbons (Fsp3) is 0.696. The molecular formula is C23H32O3. The molecule has 0 aliphatic heterocycles. The molecule has 4 rings (SSSR count). The normalized spacial score (nSPS) is 47.3. The molecule has 0 spiro atoms. The van der Waals surface area contributed by atoms with Crippen LogP contribution in [-0.2, 0) is 9.53 Å². The number of methoxy groups -OCH3 is 1. The van der Waals surface area contributed by atoms with E-state index < -0.39 is 5.60 Å². The van der Waals surface area contributed by atoms with E-state index in [4.69, 9.17) is 4.74 Å². The van der Waals surface area contributed by atoms with Gasteiger partial charge < -0.3 is 9.84 Å². The molecule has 26 heavy (non-hydrogen) atoms. The molecule has 0 aromatic rings. The summed E-state index contributed by atoms with van der Waals surface area (Å²) in [5.74, 6) is 2.15. The van der Waals surface area contributed by atoms with E-state index in [1.54, 1.807) is 7.11 Å². The summed E-state index contributed by atoms with van der Waals surface area (Å²) in [5.41, 5.74) is 1.72. The van der Waals surface area contributed by atoms with Crippen molar-refractivity contribution in [2.45, 2.75) is 64.9 Å². The molecule has 3 nitrogen and oxygen atoms in total. The Labute approximate surface area is 157 Å². The maximum absolute atomic E-state index is 12.0. The molecular weight excluding hydrogens is 324 g/mol. The molecule has 0 heterocycles. The quantitative estimate of drug-likeness (QED) is 0.582. The number of aliphatic hydroxyl groups is 1. The summed E-state index contributed by atoms with van der Waals surface area (Å²) in [6.07, 6.45) is 9.60. The van der Waals surface area contributed by atoms with E-state index >= 15 is 0 Å². The van der Waals surface area contributed by atoms with Crippen LogP contribution in [0.2, 0.25) is 0 Å². The molecule has 0 bridgehead atoms. The third-order valence-electron chi connectivity index (χ3n) is 8.52. The summed E-state index contributed by atoms with van der Waals surface area (Å²) in [5, 5.41) is 11.5. The number of carbonyl (C=O) groups is 1. The second-order valence-electron chi connectivity index (χ2n) is 9.56. The van der Waals surface area contributed by atoms with Crippen LogP contribution in [0.5, 0.6) is 0 Å². The van der Waals surface area contributed by atoms with Crippen molar-refractivity contribution in [2.75, 3.05) is 7.11 Å². The molecule has 0 aromatic carbocycles. The number of ether oxygens (including phenoxy) is 1. The van der Waals surface area contributed by atoms with Crippen molar-refractivity contribution in [3.8, 4) is 0 Å². The minimum atomic E-state index is -0.947. The Kier molecular flexibility index (Phi) is 3.87. The lowest BCUT2D eigenvalue weighted by molar-refractivity contribution is -0.116. The molecule has 0 radical (unpaired) electrons. The lowest BCUT2D eigenvalue weighted by Gasteiger charge is -2.56. The average molecular weight is 357 g/mol. The predicted octanol–water partition coefficient (Wildman–Crippen LogP) is 4.58. The van der Waals surface area contributed by atoms with Crippen LogP contribution >= 0.6 is 0 Å². The number of hydrogen-bond acceptors (Lipinski definition) is 3. The number of hydrogen-bond donors (Lipinski definition) is 1. The number of allylic oxidation sites excluding steroid dienone is 4. The zero-order valence-electron chi connectivity index (χ0n) is 16.6. The molecule has 2 saturated carbocycles. The molecule has 4 aliphatic carbocycles. The van der Waals surface area contributed by atoms with Crippen molar-refractivity contribution < 1.29 is 14.6 Å². The van der Waals surface area contributed by atoms with Gasteiger partial charge in [0.05, 0.1) is 7.11 Å². The Morgan fingerprint density at radius 1 is 1.31 bits per heavy atom. The van der Waals surface area contributed by atoms with Gasteiger partial charge in [-0.2, -0.15) is 0 Å². The fourth-order valence-electron chi connectivity index (χ4n) is 6.91. The van der Waals surface area contributed by atoms with Crippen LogP contribution in [-0.4, -0.2) is 23.6 Å². The SMILES string of the molecule is C=C(OC)[C@@]1(O)CC[C@H]2[C@@H]3C[C@H](C)C4=CC(=O)CC[C@]4(C)C3=CC[C@@]21C. The van der Waals surface area contributed by atoms with Crippen LogP contribution in [0.15, 0.2) is 35.6 Å². The van der Waals surface area contributed by atoms with E-state index in [2.05, 4.69) is 33.4 Å². The highest BCUT2D eigenvalue weighted by Crippen LogP contribution is 2.67. The number of rotatable bonds is 2. The minimum absolute atomic E-state index is 0.0243. The first-order valence-electron chi connectivity index (χ1n) is 10.1. The summed E-state index contributed by atoms with van der Waals surface area (Å²) in [4.78, 5) is 12.0. The fourth-order valence-corrected chi connectivity index (χ4v) is 6.91. The maximum Gasteiger partial charge on any atom is 0.155 e. The van der Waals surface area contributed by atoms with Gasteiger partial charge in [-0.25, -0.2) is 0 Å². The van der Waals surface area contributed by atoms with Gasteiger partial charge in [0.15, 0.2) is 5.78 Å². The summed E-state index contributed by atoms with van der Waals surface area (Å²) < 4.78 is 5.41. The van der Waals surface area contributed by atoms with Crippen molar-refractivity contribution in [3.63, 3.8) is 0 Å². The topological polar surface area (TPSA) is 46.5 Å². The number of fused-ring (bicyclic) bond motifs is 5. The molecule has 0 unspecified atom stereocenters. The predicted molar refractivity (Wildman–Crippen MR) is 102 cm³/mol. The molecule has 3 heteroatoms. The third kappa shape index (κ3) is 2.07. The van der Waals surface area contributed by atoms with Crippen molar-refractivity contribution in [1.82, 2.24) is 0 Å². The standard InChI is InChI=1S/C23H32O3/c1-14-12-17-18(21(3)9-6-16(24)13-20(14)21)7-10-22(4)19(17)8-11-23(22,25)15(2)26-5/h7,13-14,17,19,25H,2,6,8-12H2,1,3-5H3/t14-,17+,19-,21+,22-,23-/m0/s1. The van der Waals surface area contributed by atoms with Gasteiger partial charge in [0, 0.05) is 17.3 Å². The Bertz CT molecular complexity index is 732. The Morgan fingerprint density at radius 3 is 2.73 bits per heavy atom. The van der Waals surface area contributed by atoms with E-state index in [1.807, 2.05) is 6.08 Å². The second kappa shape index (κ2) is 5.58. The number of ketones is 1. The summed E-state index contributed by atoms with van der Waals surface area (Å²) in [7, 11) is 1.61. The van der Waals surface area contributed by atoms with Gasteiger partial charge >= 0.3 is 0 Å². The van der Waals surface area contributed by atoms with E-state index in [9.17, 15) is 9.90 Å². The smallest absolute Gasteiger partial charge is 0.155 e. The Balaban J connectivity index is 1.79. The lowest BCUT2D eigenvalue weighted by Crippen LogP contribution is -2.52. The van der Waals surface area contributed by atoms with Crippen LogP contribution in [0, 0.1) is 28.6 Å². The van der Waals surface area contributed by atoms with Gasteiger partial charge in [-0.3, -0.25) is 4.79 Å². The van der Waals surface area contributed by atoms with Crippen LogP contribution < -0.4 is 0 Å².